The maximum atomic E-state index is 11.5. The largest absolute Gasteiger partial charge is 0.507 e. The van der Waals surface area contributed by atoms with Gasteiger partial charge in [-0.25, -0.2) is 4.79 Å². The normalized spacial score (nSPS) is 10.7. The molecule has 0 bridgehead atoms. The molecule has 4 heteroatoms. The van der Waals surface area contributed by atoms with E-state index < -0.39 is 0 Å². The second kappa shape index (κ2) is 6.52. The molecule has 0 saturated heterocycles. The van der Waals surface area contributed by atoms with Crippen LogP contribution in [0.3, 0.4) is 0 Å². The van der Waals surface area contributed by atoms with Gasteiger partial charge in [0, 0.05) is 11.8 Å². The molecular formula is C16H15NO3. The highest BCUT2D eigenvalue weighted by molar-refractivity contribution is 5.90. The standard InChI is InChI=1S/C16H15NO3/c1-2-20-16(19)12-7-9-14(10-8-12)17-11-13-5-3-4-6-15(13)18/h3-11,18H,2H2,1H3. The molecule has 0 atom stereocenters. The van der Waals surface area contributed by atoms with Gasteiger partial charge >= 0.3 is 5.97 Å². The van der Waals surface area contributed by atoms with E-state index in [-0.39, 0.29) is 11.7 Å². The Morgan fingerprint density at radius 1 is 1.20 bits per heavy atom. The number of carbonyl (C=O) groups excluding carboxylic acids is 1. The Morgan fingerprint density at radius 3 is 2.55 bits per heavy atom. The molecular weight excluding hydrogens is 254 g/mol. The summed E-state index contributed by atoms with van der Waals surface area (Å²) in [5.74, 6) is -0.164. The minimum Gasteiger partial charge on any atom is -0.507 e. The number of hydrogen-bond donors (Lipinski definition) is 1. The molecule has 0 aliphatic carbocycles. The highest BCUT2D eigenvalue weighted by atomic mass is 16.5. The minimum absolute atomic E-state index is 0.180. The lowest BCUT2D eigenvalue weighted by molar-refractivity contribution is 0.0526. The molecule has 0 saturated carbocycles. The van der Waals surface area contributed by atoms with Gasteiger partial charge in [0.15, 0.2) is 0 Å². The first kappa shape index (κ1) is 13.8. The lowest BCUT2D eigenvalue weighted by Gasteiger charge is -2.01. The summed E-state index contributed by atoms with van der Waals surface area (Å²) in [6.07, 6.45) is 1.58. The summed E-state index contributed by atoms with van der Waals surface area (Å²) in [7, 11) is 0. The number of aliphatic imine (C=N–C) groups is 1. The number of benzene rings is 2. The van der Waals surface area contributed by atoms with E-state index in [0.717, 1.165) is 0 Å². The fourth-order valence-electron chi connectivity index (χ4n) is 1.64. The van der Waals surface area contributed by atoms with E-state index in [1.54, 1.807) is 55.6 Å². The molecule has 102 valence electrons. The zero-order valence-electron chi connectivity index (χ0n) is 11.1. The smallest absolute Gasteiger partial charge is 0.338 e. The summed E-state index contributed by atoms with van der Waals surface area (Å²) in [6.45, 7) is 2.12. The molecule has 4 nitrogen and oxygen atoms in total. The Morgan fingerprint density at radius 2 is 1.90 bits per heavy atom. The van der Waals surface area contributed by atoms with Crippen molar-refractivity contribution >= 4 is 17.9 Å². The maximum absolute atomic E-state index is 11.5. The SMILES string of the molecule is CCOC(=O)c1ccc(N=Cc2ccccc2O)cc1. The molecule has 20 heavy (non-hydrogen) atoms. The third-order valence-corrected chi connectivity index (χ3v) is 2.67. The number of hydrogen-bond acceptors (Lipinski definition) is 4. The Labute approximate surface area is 117 Å². The zero-order chi connectivity index (χ0) is 14.4. The van der Waals surface area contributed by atoms with Crippen LogP contribution in [0.15, 0.2) is 53.5 Å². The van der Waals surface area contributed by atoms with Gasteiger partial charge in [0.25, 0.3) is 0 Å². The number of nitrogens with zero attached hydrogens (tertiary/aromatic N) is 1. The van der Waals surface area contributed by atoms with Crippen molar-refractivity contribution in [2.45, 2.75) is 6.92 Å². The molecule has 1 N–H and O–H groups in total. The first-order valence-electron chi connectivity index (χ1n) is 6.30. The number of rotatable bonds is 4. The monoisotopic (exact) mass is 269 g/mol. The first-order valence-corrected chi connectivity index (χ1v) is 6.30. The zero-order valence-corrected chi connectivity index (χ0v) is 11.1. The van der Waals surface area contributed by atoms with Crippen molar-refractivity contribution in [3.05, 3.63) is 59.7 Å². The molecule has 2 rings (SSSR count). The first-order chi connectivity index (χ1) is 9.70. The van der Waals surface area contributed by atoms with Crippen molar-refractivity contribution in [2.24, 2.45) is 4.99 Å². The highest BCUT2D eigenvalue weighted by Crippen LogP contribution is 2.17. The lowest BCUT2D eigenvalue weighted by atomic mass is 10.2. The summed E-state index contributed by atoms with van der Waals surface area (Å²) in [6, 6.07) is 13.7. The summed E-state index contributed by atoms with van der Waals surface area (Å²) in [4.78, 5) is 15.7. The van der Waals surface area contributed by atoms with E-state index in [4.69, 9.17) is 4.74 Å². The number of phenols is 1. The van der Waals surface area contributed by atoms with Gasteiger partial charge in [-0.15, -0.1) is 0 Å². The summed E-state index contributed by atoms with van der Waals surface area (Å²) < 4.78 is 4.90. The van der Waals surface area contributed by atoms with Crippen LogP contribution in [0.4, 0.5) is 5.69 Å². The van der Waals surface area contributed by atoms with Crippen LogP contribution in [-0.4, -0.2) is 23.9 Å². The number of esters is 1. The summed E-state index contributed by atoms with van der Waals surface area (Å²) in [5.41, 5.74) is 1.83. The van der Waals surface area contributed by atoms with Gasteiger partial charge in [-0.05, 0) is 43.3 Å². The van der Waals surface area contributed by atoms with Crippen LogP contribution >= 0.6 is 0 Å². The van der Waals surface area contributed by atoms with Crippen LogP contribution in [0.5, 0.6) is 5.75 Å². The topological polar surface area (TPSA) is 58.9 Å². The number of para-hydroxylation sites is 1. The van der Waals surface area contributed by atoms with Crippen LogP contribution in [-0.2, 0) is 4.74 Å². The van der Waals surface area contributed by atoms with Gasteiger partial charge < -0.3 is 9.84 Å². The molecule has 0 aromatic heterocycles. The average molecular weight is 269 g/mol. The number of carbonyl (C=O) groups is 1. The number of phenolic OH excluding ortho intramolecular Hbond substituents is 1. The van der Waals surface area contributed by atoms with E-state index in [0.29, 0.717) is 23.4 Å². The average Bonchev–Trinajstić information content (AvgIpc) is 2.47. The minimum atomic E-state index is -0.344. The van der Waals surface area contributed by atoms with Crippen LogP contribution < -0.4 is 0 Å². The molecule has 0 amide bonds. The van der Waals surface area contributed by atoms with Crippen LogP contribution in [0.1, 0.15) is 22.8 Å². The maximum Gasteiger partial charge on any atom is 0.338 e. The fourth-order valence-corrected chi connectivity index (χ4v) is 1.64. The van der Waals surface area contributed by atoms with Crippen molar-refractivity contribution < 1.29 is 14.6 Å². The summed E-state index contributed by atoms with van der Waals surface area (Å²) >= 11 is 0. The van der Waals surface area contributed by atoms with Gasteiger partial charge in [-0.1, -0.05) is 12.1 Å². The fraction of sp³-hybridized carbons (Fsp3) is 0.125. The second-order valence-corrected chi connectivity index (χ2v) is 4.08. The third-order valence-electron chi connectivity index (χ3n) is 2.67. The van der Waals surface area contributed by atoms with Crippen molar-refractivity contribution in [3.63, 3.8) is 0 Å². The van der Waals surface area contributed by atoms with Gasteiger partial charge in [0.05, 0.1) is 17.9 Å². The molecule has 2 aromatic rings. The van der Waals surface area contributed by atoms with E-state index in [1.807, 2.05) is 6.07 Å². The summed E-state index contributed by atoms with van der Waals surface area (Å²) in [5, 5.41) is 9.61. The van der Waals surface area contributed by atoms with E-state index in [9.17, 15) is 9.90 Å². The van der Waals surface area contributed by atoms with Gasteiger partial charge in [-0.3, -0.25) is 4.99 Å². The molecule has 0 fully saturated rings. The molecule has 0 heterocycles. The predicted molar refractivity (Wildman–Crippen MR) is 77.8 cm³/mol. The van der Waals surface area contributed by atoms with Crippen molar-refractivity contribution in [3.8, 4) is 5.75 Å². The van der Waals surface area contributed by atoms with Gasteiger partial charge in [-0.2, -0.15) is 0 Å². The van der Waals surface area contributed by atoms with Crippen LogP contribution in [0.25, 0.3) is 0 Å². The Bertz CT molecular complexity index is 618. The van der Waals surface area contributed by atoms with Crippen molar-refractivity contribution in [2.75, 3.05) is 6.61 Å². The lowest BCUT2D eigenvalue weighted by Crippen LogP contribution is -2.03. The molecule has 0 spiro atoms. The van der Waals surface area contributed by atoms with Crippen LogP contribution in [0.2, 0.25) is 0 Å². The molecule has 0 aliphatic heterocycles. The van der Waals surface area contributed by atoms with Crippen molar-refractivity contribution in [1.82, 2.24) is 0 Å². The quantitative estimate of drug-likeness (QED) is 0.684. The number of aromatic hydroxyl groups is 1. The Balaban J connectivity index is 2.11. The molecule has 0 unspecified atom stereocenters. The van der Waals surface area contributed by atoms with Gasteiger partial charge in [0.1, 0.15) is 5.75 Å². The molecule has 0 radical (unpaired) electrons. The molecule has 2 aromatic carbocycles. The van der Waals surface area contributed by atoms with Gasteiger partial charge in [0.2, 0.25) is 0 Å². The highest BCUT2D eigenvalue weighted by Gasteiger charge is 2.04. The second-order valence-electron chi connectivity index (χ2n) is 4.08. The Kier molecular flexibility index (Phi) is 4.50. The van der Waals surface area contributed by atoms with E-state index >= 15 is 0 Å². The van der Waals surface area contributed by atoms with E-state index in [1.165, 1.54) is 0 Å². The Hall–Kier alpha value is -2.62. The van der Waals surface area contributed by atoms with Crippen molar-refractivity contribution in [1.29, 1.82) is 0 Å². The van der Waals surface area contributed by atoms with E-state index in [2.05, 4.69) is 4.99 Å². The van der Waals surface area contributed by atoms with Crippen LogP contribution in [0, 0.1) is 0 Å². The molecule has 0 aliphatic rings. The predicted octanol–water partition coefficient (Wildman–Crippen LogP) is 3.32. The third kappa shape index (κ3) is 3.45. The number of ether oxygens (including phenoxy) is 1.